The lowest BCUT2D eigenvalue weighted by atomic mass is 10.2. The van der Waals surface area contributed by atoms with E-state index in [1.807, 2.05) is 18.2 Å². The van der Waals surface area contributed by atoms with Crippen molar-refractivity contribution in [2.75, 3.05) is 5.32 Å². The van der Waals surface area contributed by atoms with Crippen LogP contribution < -0.4 is 5.32 Å². The number of anilines is 2. The van der Waals surface area contributed by atoms with Crippen molar-refractivity contribution in [2.45, 2.75) is 18.8 Å². The van der Waals surface area contributed by atoms with Gasteiger partial charge in [0.25, 0.3) is 0 Å². The Bertz CT molecular complexity index is 950. The van der Waals surface area contributed by atoms with Gasteiger partial charge >= 0.3 is 0 Å². The van der Waals surface area contributed by atoms with Crippen LogP contribution in [-0.2, 0) is 7.05 Å². The summed E-state index contributed by atoms with van der Waals surface area (Å²) in [5, 5.41) is 12.6. The van der Waals surface area contributed by atoms with Crippen LogP contribution in [0.2, 0.25) is 5.02 Å². The zero-order chi connectivity index (χ0) is 16.0. The summed E-state index contributed by atoms with van der Waals surface area (Å²) >= 11 is 5.91. The molecular formula is C17H14ClN5. The Balaban J connectivity index is 1.68. The molecule has 1 aromatic carbocycles. The lowest BCUT2D eigenvalue weighted by Gasteiger charge is -2.06. The fourth-order valence-corrected chi connectivity index (χ4v) is 2.89. The number of rotatable bonds is 3. The van der Waals surface area contributed by atoms with Gasteiger partial charge in [0.1, 0.15) is 17.7 Å². The van der Waals surface area contributed by atoms with Crippen LogP contribution in [0.15, 0.2) is 30.3 Å². The van der Waals surface area contributed by atoms with Gasteiger partial charge in [-0.25, -0.2) is 9.97 Å². The molecule has 0 aliphatic heterocycles. The van der Waals surface area contributed by atoms with Gasteiger partial charge in [0.2, 0.25) is 0 Å². The number of hydrogen-bond acceptors (Lipinski definition) is 4. The fraction of sp³-hybridized carbons (Fsp3) is 0.235. The second-order valence-corrected chi connectivity index (χ2v) is 6.18. The van der Waals surface area contributed by atoms with Crippen molar-refractivity contribution in [1.82, 2.24) is 14.5 Å². The summed E-state index contributed by atoms with van der Waals surface area (Å²) in [6.45, 7) is 0. The lowest BCUT2D eigenvalue weighted by molar-refractivity contribution is 0.820. The average molecular weight is 324 g/mol. The molecule has 1 fully saturated rings. The van der Waals surface area contributed by atoms with E-state index in [1.165, 1.54) is 12.8 Å². The highest BCUT2D eigenvalue weighted by molar-refractivity contribution is 6.31. The summed E-state index contributed by atoms with van der Waals surface area (Å²) in [5.41, 5.74) is 3.19. The summed E-state index contributed by atoms with van der Waals surface area (Å²) in [5.74, 6) is 2.36. The van der Waals surface area contributed by atoms with Crippen molar-refractivity contribution in [3.05, 3.63) is 46.9 Å². The molecule has 1 saturated carbocycles. The quantitative estimate of drug-likeness (QED) is 0.787. The predicted octanol–water partition coefficient (Wildman–Crippen LogP) is 4.11. The maximum Gasteiger partial charge on any atom is 0.161 e. The van der Waals surface area contributed by atoms with E-state index in [2.05, 4.69) is 28.0 Å². The van der Waals surface area contributed by atoms with Crippen LogP contribution in [0.5, 0.6) is 0 Å². The summed E-state index contributed by atoms with van der Waals surface area (Å²) < 4.78 is 2.17. The first kappa shape index (κ1) is 14.0. The van der Waals surface area contributed by atoms with Crippen molar-refractivity contribution < 1.29 is 0 Å². The topological polar surface area (TPSA) is 66.5 Å². The molecule has 0 unspecified atom stereocenters. The zero-order valence-corrected chi connectivity index (χ0v) is 13.3. The fourth-order valence-electron chi connectivity index (χ4n) is 2.74. The van der Waals surface area contributed by atoms with Crippen molar-refractivity contribution >= 4 is 34.1 Å². The van der Waals surface area contributed by atoms with Crippen LogP contribution in [-0.4, -0.2) is 14.5 Å². The standard InChI is InChI=1S/C17H14ClN5/c1-23-15-6-4-11(8-13(15)22-17(23)10-2-3-10)20-16-7-5-12(18)14(9-19)21-16/h4-8,10H,2-3H2,1H3,(H,20,21). The van der Waals surface area contributed by atoms with Gasteiger partial charge in [-0.1, -0.05) is 11.6 Å². The third-order valence-electron chi connectivity index (χ3n) is 4.08. The number of halogens is 1. The van der Waals surface area contributed by atoms with Crippen LogP contribution in [0.1, 0.15) is 30.3 Å². The maximum absolute atomic E-state index is 9.00. The first-order valence-corrected chi connectivity index (χ1v) is 7.83. The van der Waals surface area contributed by atoms with Gasteiger partial charge in [0.05, 0.1) is 16.1 Å². The van der Waals surface area contributed by atoms with E-state index in [0.717, 1.165) is 22.5 Å². The summed E-state index contributed by atoms with van der Waals surface area (Å²) in [4.78, 5) is 8.95. The Kier molecular flexibility index (Phi) is 3.21. The number of fused-ring (bicyclic) bond motifs is 1. The van der Waals surface area contributed by atoms with Crippen molar-refractivity contribution in [1.29, 1.82) is 5.26 Å². The molecule has 2 aromatic heterocycles. The van der Waals surface area contributed by atoms with Crippen molar-refractivity contribution in [3.63, 3.8) is 0 Å². The van der Waals surface area contributed by atoms with Crippen molar-refractivity contribution in [2.24, 2.45) is 7.05 Å². The van der Waals surface area contributed by atoms with Gasteiger partial charge in [-0.3, -0.25) is 0 Å². The first-order valence-electron chi connectivity index (χ1n) is 7.46. The Morgan fingerprint density at radius 3 is 2.83 bits per heavy atom. The van der Waals surface area contributed by atoms with Gasteiger partial charge in [-0.2, -0.15) is 5.26 Å². The largest absolute Gasteiger partial charge is 0.340 e. The van der Waals surface area contributed by atoms with E-state index in [1.54, 1.807) is 12.1 Å². The lowest BCUT2D eigenvalue weighted by Crippen LogP contribution is -1.96. The molecule has 2 heterocycles. The smallest absolute Gasteiger partial charge is 0.161 e. The number of nitriles is 1. The molecule has 23 heavy (non-hydrogen) atoms. The third-order valence-corrected chi connectivity index (χ3v) is 4.39. The molecule has 0 bridgehead atoms. The molecule has 0 spiro atoms. The number of aromatic nitrogens is 3. The van der Waals surface area contributed by atoms with E-state index in [4.69, 9.17) is 21.8 Å². The average Bonchev–Trinajstić information content (AvgIpc) is 3.34. The summed E-state index contributed by atoms with van der Waals surface area (Å²) in [6, 6.07) is 11.4. The number of aryl methyl sites for hydroxylation is 1. The van der Waals surface area contributed by atoms with E-state index in [9.17, 15) is 0 Å². The van der Waals surface area contributed by atoms with E-state index < -0.39 is 0 Å². The Labute approximate surface area is 138 Å². The minimum absolute atomic E-state index is 0.214. The van der Waals surface area contributed by atoms with Gasteiger partial charge in [0, 0.05) is 18.7 Å². The van der Waals surface area contributed by atoms with E-state index in [-0.39, 0.29) is 5.69 Å². The van der Waals surface area contributed by atoms with E-state index >= 15 is 0 Å². The van der Waals surface area contributed by atoms with Gasteiger partial charge in [-0.15, -0.1) is 0 Å². The number of benzene rings is 1. The number of nitrogens with one attached hydrogen (secondary N) is 1. The molecule has 1 aliphatic rings. The molecular weight excluding hydrogens is 310 g/mol. The van der Waals surface area contributed by atoms with Crippen LogP contribution in [0, 0.1) is 11.3 Å². The van der Waals surface area contributed by atoms with Crippen LogP contribution in [0.4, 0.5) is 11.5 Å². The highest BCUT2D eigenvalue weighted by Crippen LogP contribution is 2.40. The molecule has 0 amide bonds. The summed E-state index contributed by atoms with van der Waals surface area (Å²) in [6.07, 6.45) is 2.46. The number of imidazole rings is 1. The molecule has 4 rings (SSSR count). The predicted molar refractivity (Wildman–Crippen MR) is 89.9 cm³/mol. The molecule has 5 nitrogen and oxygen atoms in total. The first-order chi connectivity index (χ1) is 11.2. The molecule has 0 atom stereocenters. The van der Waals surface area contributed by atoms with Gasteiger partial charge in [-0.05, 0) is 43.2 Å². The molecule has 114 valence electrons. The second kappa shape index (κ2) is 5.25. The molecule has 1 N–H and O–H groups in total. The molecule has 0 saturated heterocycles. The van der Waals surface area contributed by atoms with Gasteiger partial charge < -0.3 is 9.88 Å². The zero-order valence-electron chi connectivity index (χ0n) is 12.5. The van der Waals surface area contributed by atoms with Crippen LogP contribution >= 0.6 is 11.6 Å². The highest BCUT2D eigenvalue weighted by Gasteiger charge is 2.28. The molecule has 3 aromatic rings. The minimum Gasteiger partial charge on any atom is -0.340 e. The number of hydrogen-bond donors (Lipinski definition) is 1. The number of pyridine rings is 1. The third kappa shape index (κ3) is 2.51. The normalized spacial score (nSPS) is 14.0. The van der Waals surface area contributed by atoms with E-state index in [0.29, 0.717) is 16.8 Å². The van der Waals surface area contributed by atoms with Crippen LogP contribution in [0.3, 0.4) is 0 Å². The maximum atomic E-state index is 9.00. The Morgan fingerprint density at radius 1 is 1.26 bits per heavy atom. The minimum atomic E-state index is 0.214. The second-order valence-electron chi connectivity index (χ2n) is 5.77. The van der Waals surface area contributed by atoms with Crippen molar-refractivity contribution in [3.8, 4) is 6.07 Å². The Hall–Kier alpha value is -2.58. The molecule has 6 heteroatoms. The monoisotopic (exact) mass is 323 g/mol. The SMILES string of the molecule is Cn1c(C2CC2)nc2cc(Nc3ccc(Cl)c(C#N)n3)ccc21. The van der Waals surface area contributed by atoms with Gasteiger partial charge in [0.15, 0.2) is 5.69 Å². The van der Waals surface area contributed by atoms with Crippen LogP contribution in [0.25, 0.3) is 11.0 Å². The summed E-state index contributed by atoms with van der Waals surface area (Å²) in [7, 11) is 2.07. The highest BCUT2D eigenvalue weighted by atomic mass is 35.5. The molecule has 1 aliphatic carbocycles. The molecule has 0 radical (unpaired) electrons. The Morgan fingerprint density at radius 2 is 2.09 bits per heavy atom. The number of nitrogens with zero attached hydrogens (tertiary/aromatic N) is 4.